The van der Waals surface area contributed by atoms with Gasteiger partial charge in [-0.15, -0.1) is 0 Å². The summed E-state index contributed by atoms with van der Waals surface area (Å²) in [5, 5.41) is 5.52. The molecule has 1 aliphatic heterocycles. The molecule has 1 aliphatic rings. The van der Waals surface area contributed by atoms with E-state index in [1.165, 1.54) is 5.56 Å². The number of nitrogens with one attached hydrogen (secondary N) is 1. The van der Waals surface area contributed by atoms with Crippen LogP contribution in [0.5, 0.6) is 11.5 Å². The second-order valence-corrected chi connectivity index (χ2v) is 8.93. The summed E-state index contributed by atoms with van der Waals surface area (Å²) in [6.07, 6.45) is 1.76. The number of benzene rings is 4. The number of ether oxygens (including phenoxy) is 1. The summed E-state index contributed by atoms with van der Waals surface area (Å²) in [7, 11) is 0. The Bertz CT molecular complexity index is 1560. The Labute approximate surface area is 209 Å². The minimum Gasteiger partial charge on any atom is -0.457 e. The van der Waals surface area contributed by atoms with E-state index >= 15 is 0 Å². The van der Waals surface area contributed by atoms with Crippen LogP contribution in [0.1, 0.15) is 33.9 Å². The van der Waals surface area contributed by atoms with E-state index in [1.807, 2.05) is 66.7 Å². The molecule has 1 amide bonds. The SMILES string of the molecule is Cc1c(/C=N/NC(=O)C2c3ccccc3Oc3ccccc32)c2ccccc2n1Cc1ccccc1. The van der Waals surface area contributed by atoms with Gasteiger partial charge in [0.2, 0.25) is 0 Å². The lowest BCUT2D eigenvalue weighted by atomic mass is 9.87. The smallest absolute Gasteiger partial charge is 0.252 e. The highest BCUT2D eigenvalue weighted by molar-refractivity contribution is 6.01. The van der Waals surface area contributed by atoms with E-state index in [9.17, 15) is 4.79 Å². The second-order valence-electron chi connectivity index (χ2n) is 8.93. The maximum Gasteiger partial charge on any atom is 0.252 e. The van der Waals surface area contributed by atoms with Gasteiger partial charge in [0.25, 0.3) is 5.91 Å². The molecular weight excluding hydrogens is 446 g/mol. The summed E-state index contributed by atoms with van der Waals surface area (Å²) in [5.74, 6) is 0.698. The number of rotatable bonds is 5. The number of aromatic nitrogens is 1. The van der Waals surface area contributed by atoms with Crippen molar-refractivity contribution in [3.63, 3.8) is 0 Å². The highest BCUT2D eigenvalue weighted by Crippen LogP contribution is 2.43. The van der Waals surface area contributed by atoms with Crippen molar-refractivity contribution in [1.29, 1.82) is 0 Å². The molecule has 0 bridgehead atoms. The van der Waals surface area contributed by atoms with Crippen LogP contribution in [0.25, 0.3) is 10.9 Å². The van der Waals surface area contributed by atoms with Crippen LogP contribution in [0.2, 0.25) is 0 Å². The number of hydrazone groups is 1. The van der Waals surface area contributed by atoms with Crippen molar-refractivity contribution in [1.82, 2.24) is 9.99 Å². The van der Waals surface area contributed by atoms with Gasteiger partial charge in [0.1, 0.15) is 11.5 Å². The summed E-state index contributed by atoms with van der Waals surface area (Å²) in [6, 6.07) is 34.0. The van der Waals surface area contributed by atoms with E-state index in [4.69, 9.17) is 4.74 Å². The molecule has 0 fully saturated rings. The lowest BCUT2D eigenvalue weighted by molar-refractivity contribution is -0.121. The number of carbonyl (C=O) groups is 1. The maximum atomic E-state index is 13.4. The average molecular weight is 472 g/mol. The first-order valence-electron chi connectivity index (χ1n) is 12.0. The maximum absolute atomic E-state index is 13.4. The first-order valence-corrected chi connectivity index (χ1v) is 12.0. The second kappa shape index (κ2) is 9.19. The van der Waals surface area contributed by atoms with Gasteiger partial charge in [0, 0.05) is 39.8 Å². The Morgan fingerprint density at radius 1 is 0.861 bits per heavy atom. The van der Waals surface area contributed by atoms with Crippen LogP contribution < -0.4 is 10.2 Å². The Kier molecular flexibility index (Phi) is 5.58. The number of amides is 1. The van der Waals surface area contributed by atoms with Crippen molar-refractivity contribution in [3.8, 4) is 11.5 Å². The van der Waals surface area contributed by atoms with E-state index < -0.39 is 5.92 Å². The fourth-order valence-electron chi connectivity index (χ4n) is 5.01. The molecule has 5 aromatic rings. The third-order valence-electron chi connectivity index (χ3n) is 6.77. The molecule has 1 N–H and O–H groups in total. The highest BCUT2D eigenvalue weighted by atomic mass is 16.5. The normalized spacial score (nSPS) is 12.8. The molecule has 6 rings (SSSR count). The fourth-order valence-corrected chi connectivity index (χ4v) is 5.01. The van der Waals surface area contributed by atoms with Gasteiger partial charge >= 0.3 is 0 Å². The quantitative estimate of drug-likeness (QED) is 0.239. The Morgan fingerprint density at radius 2 is 1.47 bits per heavy atom. The number of nitrogens with zero attached hydrogens (tertiary/aromatic N) is 2. The van der Waals surface area contributed by atoms with E-state index in [1.54, 1.807) is 6.21 Å². The number of hydrogen-bond acceptors (Lipinski definition) is 3. The fraction of sp³-hybridized carbons (Fsp3) is 0.0968. The summed E-state index contributed by atoms with van der Waals surface area (Å²) in [5.41, 5.74) is 8.93. The largest absolute Gasteiger partial charge is 0.457 e. The van der Waals surface area contributed by atoms with Crippen molar-refractivity contribution in [3.05, 3.63) is 131 Å². The Hall–Kier alpha value is -4.64. The number of carbonyl (C=O) groups excluding carboxylic acids is 1. The van der Waals surface area contributed by atoms with E-state index in [0.717, 1.165) is 39.8 Å². The van der Waals surface area contributed by atoms with Crippen molar-refractivity contribution in [2.75, 3.05) is 0 Å². The van der Waals surface area contributed by atoms with Gasteiger partial charge < -0.3 is 9.30 Å². The van der Waals surface area contributed by atoms with Crippen molar-refractivity contribution in [2.45, 2.75) is 19.4 Å². The van der Waals surface area contributed by atoms with Crippen LogP contribution in [-0.2, 0) is 11.3 Å². The summed E-state index contributed by atoms with van der Waals surface area (Å²) >= 11 is 0. The van der Waals surface area contributed by atoms with Crippen LogP contribution in [0, 0.1) is 6.92 Å². The first kappa shape index (κ1) is 21.9. The molecule has 5 nitrogen and oxygen atoms in total. The summed E-state index contributed by atoms with van der Waals surface area (Å²) in [6.45, 7) is 2.86. The first-order chi connectivity index (χ1) is 17.7. The van der Waals surface area contributed by atoms with Crippen LogP contribution in [0.3, 0.4) is 0 Å². The third-order valence-corrected chi connectivity index (χ3v) is 6.77. The van der Waals surface area contributed by atoms with Gasteiger partial charge in [-0.2, -0.15) is 5.10 Å². The lowest BCUT2D eigenvalue weighted by Gasteiger charge is -2.26. The van der Waals surface area contributed by atoms with Gasteiger partial charge in [-0.05, 0) is 30.7 Å². The lowest BCUT2D eigenvalue weighted by Crippen LogP contribution is -2.28. The van der Waals surface area contributed by atoms with Crippen LogP contribution in [0.15, 0.2) is 108 Å². The van der Waals surface area contributed by atoms with E-state index in [0.29, 0.717) is 11.5 Å². The molecule has 0 unspecified atom stereocenters. The average Bonchev–Trinajstić information content (AvgIpc) is 3.18. The molecule has 176 valence electrons. The van der Waals surface area contributed by atoms with Crippen LogP contribution in [-0.4, -0.2) is 16.7 Å². The predicted octanol–water partition coefficient (Wildman–Crippen LogP) is 6.39. The zero-order chi connectivity index (χ0) is 24.5. The molecule has 5 heteroatoms. The highest BCUT2D eigenvalue weighted by Gasteiger charge is 2.32. The van der Waals surface area contributed by atoms with E-state index in [2.05, 4.69) is 58.4 Å². The molecule has 0 spiro atoms. The molecule has 0 saturated carbocycles. The summed E-state index contributed by atoms with van der Waals surface area (Å²) < 4.78 is 8.32. The van der Waals surface area contributed by atoms with E-state index in [-0.39, 0.29) is 5.91 Å². The van der Waals surface area contributed by atoms with Gasteiger partial charge in [-0.1, -0.05) is 84.9 Å². The van der Waals surface area contributed by atoms with Crippen LogP contribution in [0.4, 0.5) is 0 Å². The molecule has 0 atom stereocenters. The minimum atomic E-state index is -0.496. The number of hydrogen-bond donors (Lipinski definition) is 1. The number of para-hydroxylation sites is 3. The number of fused-ring (bicyclic) bond motifs is 3. The van der Waals surface area contributed by atoms with Gasteiger partial charge in [0.15, 0.2) is 0 Å². The third kappa shape index (κ3) is 3.85. The van der Waals surface area contributed by atoms with Gasteiger partial charge in [-0.3, -0.25) is 4.79 Å². The minimum absolute atomic E-state index is 0.194. The molecule has 0 saturated heterocycles. The molecule has 1 aromatic heterocycles. The molecule has 2 heterocycles. The van der Waals surface area contributed by atoms with Gasteiger partial charge in [-0.25, -0.2) is 5.43 Å². The monoisotopic (exact) mass is 471 g/mol. The molecule has 0 aliphatic carbocycles. The molecular formula is C31H25N3O2. The molecule has 4 aromatic carbocycles. The van der Waals surface area contributed by atoms with Crippen molar-refractivity contribution >= 4 is 23.0 Å². The molecule has 36 heavy (non-hydrogen) atoms. The van der Waals surface area contributed by atoms with Crippen LogP contribution >= 0.6 is 0 Å². The topological polar surface area (TPSA) is 55.6 Å². The molecule has 0 radical (unpaired) electrons. The zero-order valence-electron chi connectivity index (χ0n) is 19.9. The van der Waals surface area contributed by atoms with Crippen molar-refractivity contribution in [2.24, 2.45) is 5.10 Å². The van der Waals surface area contributed by atoms with Gasteiger partial charge in [0.05, 0.1) is 12.1 Å². The Morgan fingerprint density at radius 3 is 2.19 bits per heavy atom. The van der Waals surface area contributed by atoms with Crippen molar-refractivity contribution < 1.29 is 9.53 Å². The zero-order valence-corrected chi connectivity index (χ0v) is 19.9. The predicted molar refractivity (Wildman–Crippen MR) is 143 cm³/mol. The summed E-state index contributed by atoms with van der Waals surface area (Å²) in [4.78, 5) is 13.4. The standard InChI is InChI=1S/C31H25N3O2/c1-21-26(23-13-5-8-16-27(23)34(21)20-22-11-3-2-4-12-22)19-32-33-31(35)30-24-14-6-9-17-28(24)36-29-18-10-7-15-25(29)30/h2-19,30H,20H2,1H3,(H,33,35)/b32-19+. The Balaban J connectivity index is 1.31.